The lowest BCUT2D eigenvalue weighted by molar-refractivity contribution is -0.137. The van der Waals surface area contributed by atoms with Crippen LogP contribution < -0.4 is 4.74 Å². The molecule has 2 aromatic rings. The van der Waals surface area contributed by atoms with E-state index in [1.54, 1.807) is 48.3 Å². The Hall–Kier alpha value is -2.98. The Kier molecular flexibility index (Phi) is 8.04. The van der Waals surface area contributed by atoms with E-state index >= 15 is 0 Å². The monoisotopic (exact) mass is 477 g/mol. The number of sulfonamides is 1. The summed E-state index contributed by atoms with van der Waals surface area (Å²) < 4.78 is 45.5. The molecule has 0 bridgehead atoms. The summed E-state index contributed by atoms with van der Waals surface area (Å²) in [6, 6.07) is 12.7. The van der Waals surface area contributed by atoms with Crippen molar-refractivity contribution < 1.29 is 27.1 Å². The summed E-state index contributed by atoms with van der Waals surface area (Å²) in [5.74, 6) is -0.789. The Bertz CT molecular complexity index is 1090. The number of piperazine rings is 1. The predicted molar refractivity (Wildman–Crippen MR) is 120 cm³/mol. The van der Waals surface area contributed by atoms with E-state index in [2.05, 4.69) is 0 Å². The van der Waals surface area contributed by atoms with Crippen molar-refractivity contribution in [1.82, 2.24) is 14.1 Å². The molecular formula is C23H28FN3O5S. The van der Waals surface area contributed by atoms with Crippen LogP contribution in [-0.4, -0.2) is 74.7 Å². The van der Waals surface area contributed by atoms with Gasteiger partial charge in [-0.15, -0.1) is 0 Å². The number of hydrogen-bond acceptors (Lipinski definition) is 5. The number of hydrogen-bond donors (Lipinski definition) is 0. The molecule has 2 amide bonds. The van der Waals surface area contributed by atoms with E-state index in [0.717, 1.165) is 0 Å². The SMILES string of the molecule is COc1ccc(CN(C)C(=O)CCC(=O)N2CCN(S(=O)(=O)c3ccccc3)CC2)cc1F. The highest BCUT2D eigenvalue weighted by Gasteiger charge is 2.30. The van der Waals surface area contributed by atoms with Crippen LogP contribution in [0.1, 0.15) is 18.4 Å². The lowest BCUT2D eigenvalue weighted by atomic mass is 10.2. The number of amides is 2. The summed E-state index contributed by atoms with van der Waals surface area (Å²) in [6.45, 7) is 1.18. The Morgan fingerprint density at radius 1 is 1.03 bits per heavy atom. The van der Waals surface area contributed by atoms with Crippen LogP contribution in [0.3, 0.4) is 0 Å². The first-order valence-electron chi connectivity index (χ1n) is 10.6. The zero-order valence-corrected chi connectivity index (χ0v) is 19.6. The van der Waals surface area contributed by atoms with Crippen LogP contribution in [0, 0.1) is 5.82 Å². The molecule has 33 heavy (non-hydrogen) atoms. The van der Waals surface area contributed by atoms with E-state index in [1.807, 2.05) is 0 Å². The summed E-state index contributed by atoms with van der Waals surface area (Å²) in [7, 11) is -0.604. The van der Waals surface area contributed by atoms with Crippen molar-refractivity contribution in [2.45, 2.75) is 24.3 Å². The molecule has 2 aromatic carbocycles. The topological polar surface area (TPSA) is 87.2 Å². The van der Waals surface area contributed by atoms with Gasteiger partial charge in [-0.1, -0.05) is 24.3 Å². The number of methoxy groups -OCH3 is 1. The fourth-order valence-electron chi connectivity index (χ4n) is 3.65. The van der Waals surface area contributed by atoms with Crippen molar-refractivity contribution in [1.29, 1.82) is 0 Å². The van der Waals surface area contributed by atoms with Gasteiger partial charge < -0.3 is 14.5 Å². The number of nitrogens with zero attached hydrogens (tertiary/aromatic N) is 3. The third-order valence-electron chi connectivity index (χ3n) is 5.59. The molecule has 0 radical (unpaired) electrons. The van der Waals surface area contributed by atoms with Gasteiger partial charge in [0.1, 0.15) is 0 Å². The van der Waals surface area contributed by atoms with E-state index in [0.29, 0.717) is 5.56 Å². The molecule has 1 fully saturated rings. The molecule has 8 nitrogen and oxygen atoms in total. The molecule has 1 saturated heterocycles. The number of carbonyl (C=O) groups is 2. The van der Waals surface area contributed by atoms with Gasteiger partial charge in [0.25, 0.3) is 0 Å². The second-order valence-electron chi connectivity index (χ2n) is 7.82. The summed E-state index contributed by atoms with van der Waals surface area (Å²) in [5.41, 5.74) is 0.617. The smallest absolute Gasteiger partial charge is 0.243 e. The molecule has 1 aliphatic heterocycles. The normalized spacial score (nSPS) is 14.7. The highest BCUT2D eigenvalue weighted by atomic mass is 32.2. The van der Waals surface area contributed by atoms with Gasteiger partial charge in [-0.25, -0.2) is 12.8 Å². The van der Waals surface area contributed by atoms with Gasteiger partial charge in [0.15, 0.2) is 11.6 Å². The van der Waals surface area contributed by atoms with Crippen LogP contribution in [0.25, 0.3) is 0 Å². The largest absolute Gasteiger partial charge is 0.494 e. The van der Waals surface area contributed by atoms with Crippen LogP contribution in [0.5, 0.6) is 5.75 Å². The fraction of sp³-hybridized carbons (Fsp3) is 0.391. The zero-order chi connectivity index (χ0) is 24.0. The van der Waals surface area contributed by atoms with E-state index in [4.69, 9.17) is 4.74 Å². The lowest BCUT2D eigenvalue weighted by Crippen LogP contribution is -2.50. The zero-order valence-electron chi connectivity index (χ0n) is 18.7. The molecular weight excluding hydrogens is 449 g/mol. The highest BCUT2D eigenvalue weighted by Crippen LogP contribution is 2.19. The van der Waals surface area contributed by atoms with Gasteiger partial charge in [-0.05, 0) is 29.8 Å². The average molecular weight is 478 g/mol. The molecule has 3 rings (SSSR count). The van der Waals surface area contributed by atoms with Crippen molar-refractivity contribution in [3.05, 3.63) is 59.9 Å². The predicted octanol–water partition coefficient (Wildman–Crippen LogP) is 2.11. The van der Waals surface area contributed by atoms with Gasteiger partial charge in [-0.2, -0.15) is 4.31 Å². The van der Waals surface area contributed by atoms with Crippen LogP contribution in [-0.2, 0) is 26.2 Å². The third-order valence-corrected chi connectivity index (χ3v) is 7.50. The number of halogens is 1. The van der Waals surface area contributed by atoms with Crippen LogP contribution in [0.4, 0.5) is 4.39 Å². The Morgan fingerprint density at radius 2 is 1.70 bits per heavy atom. The van der Waals surface area contributed by atoms with Crippen molar-refractivity contribution >= 4 is 21.8 Å². The summed E-state index contributed by atoms with van der Waals surface area (Å²) in [4.78, 5) is 28.2. The molecule has 0 spiro atoms. The van der Waals surface area contributed by atoms with Crippen LogP contribution in [0.2, 0.25) is 0 Å². The Morgan fingerprint density at radius 3 is 2.30 bits per heavy atom. The first kappa shape index (κ1) is 24.7. The first-order valence-corrected chi connectivity index (χ1v) is 12.1. The molecule has 0 atom stereocenters. The van der Waals surface area contributed by atoms with Gasteiger partial charge in [0.2, 0.25) is 21.8 Å². The lowest BCUT2D eigenvalue weighted by Gasteiger charge is -2.34. The number of ether oxygens (including phenoxy) is 1. The standard InChI is InChI=1S/C23H28FN3O5S/c1-25(17-18-8-9-21(32-2)20(24)16-18)22(28)10-11-23(29)26-12-14-27(15-13-26)33(30,31)19-6-4-3-5-7-19/h3-9,16H,10-15,17H2,1-2H3. The maximum Gasteiger partial charge on any atom is 0.243 e. The van der Waals surface area contributed by atoms with E-state index in [9.17, 15) is 22.4 Å². The minimum Gasteiger partial charge on any atom is -0.494 e. The molecule has 0 unspecified atom stereocenters. The fourth-order valence-corrected chi connectivity index (χ4v) is 5.10. The second-order valence-corrected chi connectivity index (χ2v) is 9.75. The van der Waals surface area contributed by atoms with Gasteiger partial charge in [0.05, 0.1) is 12.0 Å². The van der Waals surface area contributed by atoms with E-state index < -0.39 is 15.8 Å². The van der Waals surface area contributed by atoms with E-state index in [1.165, 1.54) is 28.4 Å². The van der Waals surface area contributed by atoms with Crippen molar-refractivity contribution in [2.24, 2.45) is 0 Å². The van der Waals surface area contributed by atoms with Crippen LogP contribution in [0.15, 0.2) is 53.4 Å². The minimum atomic E-state index is -3.59. The number of benzene rings is 2. The van der Waals surface area contributed by atoms with Crippen molar-refractivity contribution in [2.75, 3.05) is 40.3 Å². The van der Waals surface area contributed by atoms with Crippen molar-refractivity contribution in [3.8, 4) is 5.75 Å². The average Bonchev–Trinajstić information content (AvgIpc) is 2.83. The minimum absolute atomic E-state index is 0.0243. The molecule has 0 aliphatic carbocycles. The Balaban J connectivity index is 1.46. The van der Waals surface area contributed by atoms with Crippen LogP contribution >= 0.6 is 0 Å². The molecule has 0 N–H and O–H groups in total. The number of carbonyl (C=O) groups excluding carboxylic acids is 2. The molecule has 0 saturated carbocycles. The first-order chi connectivity index (χ1) is 15.7. The molecule has 178 valence electrons. The highest BCUT2D eigenvalue weighted by molar-refractivity contribution is 7.89. The summed E-state index contributed by atoms with van der Waals surface area (Å²) >= 11 is 0. The third kappa shape index (κ3) is 6.08. The second kappa shape index (κ2) is 10.8. The maximum absolute atomic E-state index is 13.8. The Labute approximate surface area is 193 Å². The quantitative estimate of drug-likeness (QED) is 0.581. The van der Waals surface area contributed by atoms with Gasteiger partial charge >= 0.3 is 0 Å². The number of rotatable bonds is 8. The van der Waals surface area contributed by atoms with Crippen molar-refractivity contribution in [3.63, 3.8) is 0 Å². The molecule has 1 aliphatic rings. The van der Waals surface area contributed by atoms with Gasteiger partial charge in [-0.3, -0.25) is 9.59 Å². The molecule has 1 heterocycles. The maximum atomic E-state index is 13.8. The van der Waals surface area contributed by atoms with Gasteiger partial charge in [0, 0.05) is 52.6 Å². The summed E-state index contributed by atoms with van der Waals surface area (Å²) in [6.07, 6.45) is 0.0576. The van der Waals surface area contributed by atoms with E-state index in [-0.39, 0.29) is 68.0 Å². The molecule has 0 aromatic heterocycles. The molecule has 10 heteroatoms. The summed E-state index contributed by atoms with van der Waals surface area (Å²) in [5, 5.41) is 0.